The minimum atomic E-state index is -0.300. The van der Waals surface area contributed by atoms with Crippen LogP contribution >= 0.6 is 0 Å². The highest BCUT2D eigenvalue weighted by Gasteiger charge is 2.16. The highest BCUT2D eigenvalue weighted by molar-refractivity contribution is 5.96. The first-order chi connectivity index (χ1) is 14.6. The molecule has 1 heterocycles. The van der Waals surface area contributed by atoms with Crippen LogP contribution in [0, 0.1) is 11.3 Å². The van der Waals surface area contributed by atoms with E-state index in [2.05, 4.69) is 21.8 Å². The number of hydrogen-bond donors (Lipinski definition) is 3. The van der Waals surface area contributed by atoms with Crippen molar-refractivity contribution >= 4 is 17.6 Å². The van der Waals surface area contributed by atoms with Crippen LogP contribution in [0.1, 0.15) is 28.0 Å². The van der Waals surface area contributed by atoms with E-state index in [1.165, 1.54) is 0 Å². The molecule has 0 radical (unpaired) electrons. The lowest BCUT2D eigenvalue weighted by Crippen LogP contribution is -2.37. The van der Waals surface area contributed by atoms with Crippen LogP contribution in [0.15, 0.2) is 60.7 Å². The summed E-state index contributed by atoms with van der Waals surface area (Å²) in [4.78, 5) is 23.9. The Morgan fingerprint density at radius 1 is 1.03 bits per heavy atom. The van der Waals surface area contributed by atoms with Gasteiger partial charge in [0.05, 0.1) is 17.9 Å². The number of nitrogens with one attached hydrogen (secondary N) is 2. The lowest BCUT2D eigenvalue weighted by Gasteiger charge is -2.06. The predicted octanol–water partition coefficient (Wildman–Crippen LogP) is 1.80. The molecule has 0 fully saturated rings. The molecule has 30 heavy (non-hydrogen) atoms. The van der Waals surface area contributed by atoms with Crippen molar-refractivity contribution in [2.45, 2.75) is 12.8 Å². The molecule has 0 aliphatic rings. The van der Waals surface area contributed by atoms with Gasteiger partial charge in [0.15, 0.2) is 0 Å². The van der Waals surface area contributed by atoms with Crippen molar-refractivity contribution in [1.29, 1.82) is 5.26 Å². The zero-order chi connectivity index (χ0) is 21.3. The van der Waals surface area contributed by atoms with E-state index in [9.17, 15) is 14.9 Å². The van der Waals surface area contributed by atoms with Crippen LogP contribution in [0.4, 0.5) is 5.82 Å². The summed E-state index contributed by atoms with van der Waals surface area (Å²) in [7, 11) is 0. The number of nitrogen functional groups attached to an aromatic ring is 1. The molecule has 0 saturated carbocycles. The summed E-state index contributed by atoms with van der Waals surface area (Å²) in [6, 6.07) is 20.2. The Morgan fingerprint density at radius 3 is 2.37 bits per heavy atom. The molecule has 0 aliphatic carbocycles. The molecule has 0 unspecified atom stereocenters. The first-order valence-electron chi connectivity index (χ1n) is 9.53. The van der Waals surface area contributed by atoms with Crippen molar-refractivity contribution in [3.63, 3.8) is 0 Å². The zero-order valence-electron chi connectivity index (χ0n) is 16.3. The van der Waals surface area contributed by atoms with Gasteiger partial charge in [0.1, 0.15) is 17.5 Å². The number of carbonyl (C=O) groups is 2. The van der Waals surface area contributed by atoms with Crippen molar-refractivity contribution in [3.05, 3.63) is 77.5 Å². The fourth-order valence-electron chi connectivity index (χ4n) is 2.94. The third-order valence-electron chi connectivity index (χ3n) is 4.46. The molecule has 2 aromatic carbocycles. The van der Waals surface area contributed by atoms with Crippen molar-refractivity contribution in [3.8, 4) is 11.8 Å². The minimum absolute atomic E-state index is 0.104. The molecular formula is C22H22N6O2. The molecule has 3 rings (SSSR count). The van der Waals surface area contributed by atoms with Crippen LogP contribution in [0.3, 0.4) is 0 Å². The molecule has 2 amide bonds. The fourth-order valence-corrected chi connectivity index (χ4v) is 2.94. The molecule has 1 aromatic heterocycles. The number of rotatable bonds is 8. The van der Waals surface area contributed by atoms with Gasteiger partial charge in [-0.2, -0.15) is 10.4 Å². The largest absolute Gasteiger partial charge is 0.382 e. The molecule has 0 spiro atoms. The lowest BCUT2D eigenvalue weighted by atomic mass is 10.1. The maximum Gasteiger partial charge on any atom is 0.251 e. The smallest absolute Gasteiger partial charge is 0.251 e. The van der Waals surface area contributed by atoms with E-state index in [0.717, 1.165) is 5.69 Å². The summed E-state index contributed by atoms with van der Waals surface area (Å²) in [5, 5.41) is 19.2. The third-order valence-corrected chi connectivity index (χ3v) is 4.46. The van der Waals surface area contributed by atoms with E-state index in [4.69, 9.17) is 5.73 Å². The van der Waals surface area contributed by atoms with E-state index < -0.39 is 0 Å². The molecule has 8 nitrogen and oxygen atoms in total. The summed E-state index contributed by atoms with van der Waals surface area (Å²) >= 11 is 0. The van der Waals surface area contributed by atoms with Crippen molar-refractivity contribution in [1.82, 2.24) is 20.4 Å². The summed E-state index contributed by atoms with van der Waals surface area (Å²) < 4.78 is 1.55. The molecule has 0 aliphatic heterocycles. The van der Waals surface area contributed by atoms with Gasteiger partial charge in [0.25, 0.3) is 5.91 Å². The number of anilines is 1. The van der Waals surface area contributed by atoms with E-state index >= 15 is 0 Å². The van der Waals surface area contributed by atoms with Gasteiger partial charge in [-0.25, -0.2) is 4.68 Å². The monoisotopic (exact) mass is 402 g/mol. The van der Waals surface area contributed by atoms with Gasteiger partial charge in [-0.15, -0.1) is 0 Å². The first kappa shape index (κ1) is 20.6. The Labute approximate surface area is 174 Å². The molecule has 152 valence electrons. The Kier molecular flexibility index (Phi) is 6.79. The molecule has 0 saturated heterocycles. The van der Waals surface area contributed by atoms with Crippen LogP contribution in [-0.4, -0.2) is 34.7 Å². The molecule has 4 N–H and O–H groups in total. The summed E-state index contributed by atoms with van der Waals surface area (Å²) in [6.07, 6.45) is 1.07. The standard InChI is InChI=1S/C22H22N6O2/c23-14-18-19(27-28(21(18)24)17-10-5-2-6-11-17)12-7-13-25-20(29)15-26-22(30)16-8-3-1-4-9-16/h1-6,8-11H,7,12-13,15,24H2,(H,25,29)(H,26,30). The van der Waals surface area contributed by atoms with Gasteiger partial charge in [-0.05, 0) is 37.1 Å². The highest BCUT2D eigenvalue weighted by atomic mass is 16.2. The normalized spacial score (nSPS) is 10.2. The number of amides is 2. The Bertz CT molecular complexity index is 1050. The number of nitrogens with zero attached hydrogens (tertiary/aromatic N) is 3. The molecule has 8 heteroatoms. The zero-order valence-corrected chi connectivity index (χ0v) is 16.3. The van der Waals surface area contributed by atoms with E-state index in [1.54, 1.807) is 28.9 Å². The summed E-state index contributed by atoms with van der Waals surface area (Å²) in [5.41, 5.74) is 8.30. The summed E-state index contributed by atoms with van der Waals surface area (Å²) in [5.74, 6) is -0.285. The third kappa shape index (κ3) is 5.02. The van der Waals surface area contributed by atoms with Crippen LogP contribution in [0.25, 0.3) is 5.69 Å². The van der Waals surface area contributed by atoms with Gasteiger partial charge in [0, 0.05) is 12.1 Å². The number of nitriles is 1. The van der Waals surface area contributed by atoms with Crippen LogP contribution in [-0.2, 0) is 11.2 Å². The number of carbonyl (C=O) groups excluding carboxylic acids is 2. The second-order valence-electron chi connectivity index (χ2n) is 6.57. The molecule has 0 atom stereocenters. The Morgan fingerprint density at radius 2 is 1.70 bits per heavy atom. The fraction of sp³-hybridized carbons (Fsp3) is 0.182. The van der Waals surface area contributed by atoms with E-state index in [0.29, 0.717) is 42.0 Å². The highest BCUT2D eigenvalue weighted by Crippen LogP contribution is 2.21. The average molecular weight is 402 g/mol. The maximum absolute atomic E-state index is 11.9. The Balaban J connectivity index is 1.48. The topological polar surface area (TPSA) is 126 Å². The SMILES string of the molecule is N#Cc1c(CCCNC(=O)CNC(=O)c2ccccc2)nn(-c2ccccc2)c1N. The van der Waals surface area contributed by atoms with Gasteiger partial charge in [-0.1, -0.05) is 36.4 Å². The molecular weight excluding hydrogens is 380 g/mol. The molecule has 0 bridgehead atoms. The number of para-hydroxylation sites is 1. The first-order valence-corrected chi connectivity index (χ1v) is 9.53. The second-order valence-corrected chi connectivity index (χ2v) is 6.57. The van der Waals surface area contributed by atoms with Crippen LogP contribution in [0.2, 0.25) is 0 Å². The van der Waals surface area contributed by atoms with Crippen molar-refractivity contribution in [2.24, 2.45) is 0 Å². The number of aryl methyl sites for hydroxylation is 1. The summed E-state index contributed by atoms with van der Waals surface area (Å²) in [6.45, 7) is 0.287. The predicted molar refractivity (Wildman–Crippen MR) is 113 cm³/mol. The number of benzene rings is 2. The number of aromatic nitrogens is 2. The van der Waals surface area contributed by atoms with Crippen LogP contribution in [0.5, 0.6) is 0 Å². The number of hydrogen-bond acceptors (Lipinski definition) is 5. The van der Waals surface area contributed by atoms with Crippen molar-refractivity contribution < 1.29 is 9.59 Å². The second kappa shape index (κ2) is 9.89. The minimum Gasteiger partial charge on any atom is -0.382 e. The van der Waals surface area contributed by atoms with Gasteiger partial charge >= 0.3 is 0 Å². The Hall–Kier alpha value is -4.12. The van der Waals surface area contributed by atoms with Gasteiger partial charge < -0.3 is 16.4 Å². The van der Waals surface area contributed by atoms with Gasteiger partial charge in [-0.3, -0.25) is 9.59 Å². The lowest BCUT2D eigenvalue weighted by molar-refractivity contribution is -0.120. The van der Waals surface area contributed by atoms with E-state index in [-0.39, 0.29) is 18.4 Å². The van der Waals surface area contributed by atoms with Crippen molar-refractivity contribution in [2.75, 3.05) is 18.8 Å². The van der Waals surface area contributed by atoms with Gasteiger partial charge in [0.2, 0.25) is 5.91 Å². The van der Waals surface area contributed by atoms with E-state index in [1.807, 2.05) is 36.4 Å². The van der Waals surface area contributed by atoms with Crippen LogP contribution < -0.4 is 16.4 Å². The average Bonchev–Trinajstić information content (AvgIpc) is 3.11. The quantitative estimate of drug-likeness (QED) is 0.495. The molecule has 3 aromatic rings. The number of nitrogens with two attached hydrogens (primary N) is 1. The maximum atomic E-state index is 11.9.